The van der Waals surface area contributed by atoms with Crippen LogP contribution in [-0.4, -0.2) is 27.2 Å². The van der Waals surface area contributed by atoms with E-state index in [-0.39, 0.29) is 12.1 Å². The van der Waals surface area contributed by atoms with Gasteiger partial charge in [-0.15, -0.1) is 0 Å². The van der Waals surface area contributed by atoms with Gasteiger partial charge in [0.15, 0.2) is 0 Å². The number of nitrogens with one attached hydrogen (secondary N) is 1. The molecular weight excluding hydrogens is 250 g/mol. The Morgan fingerprint density at radius 1 is 1.28 bits per heavy atom. The summed E-state index contributed by atoms with van der Waals surface area (Å²) >= 11 is 5.99. The first-order valence-corrected chi connectivity index (χ1v) is 6.89. The highest BCUT2D eigenvalue weighted by Crippen LogP contribution is 2.22. The Bertz CT molecular complexity index is 372. The maximum absolute atomic E-state index is 9.54. The molecule has 0 saturated heterocycles. The monoisotopic (exact) mass is 271 g/mol. The van der Waals surface area contributed by atoms with Crippen LogP contribution in [0.3, 0.4) is 0 Å². The highest BCUT2D eigenvalue weighted by Gasteiger charge is 2.25. The van der Waals surface area contributed by atoms with Crippen molar-refractivity contribution < 1.29 is 5.11 Å². The van der Waals surface area contributed by atoms with Gasteiger partial charge in [-0.2, -0.15) is 0 Å². The van der Waals surface area contributed by atoms with Crippen LogP contribution in [0.1, 0.15) is 45.9 Å². The van der Waals surface area contributed by atoms with E-state index in [1.165, 1.54) is 0 Å². The van der Waals surface area contributed by atoms with Crippen LogP contribution >= 0.6 is 11.6 Å². The third-order valence-electron chi connectivity index (χ3n) is 3.26. The molecule has 0 amide bonds. The largest absolute Gasteiger partial charge is 0.394 e. The molecule has 1 heterocycles. The van der Waals surface area contributed by atoms with Gasteiger partial charge in [-0.25, -0.2) is 9.97 Å². The predicted octanol–water partition coefficient (Wildman–Crippen LogP) is 3.05. The van der Waals surface area contributed by atoms with Crippen LogP contribution < -0.4 is 5.32 Å². The lowest BCUT2D eigenvalue weighted by molar-refractivity contribution is 0.202. The zero-order valence-corrected chi connectivity index (χ0v) is 12.1. The van der Waals surface area contributed by atoms with E-state index < -0.39 is 0 Å². The Morgan fingerprint density at radius 3 is 2.44 bits per heavy atom. The Balaban J connectivity index is 2.95. The van der Waals surface area contributed by atoms with Crippen molar-refractivity contribution in [1.82, 2.24) is 9.97 Å². The number of aromatic nitrogens is 2. The Labute approximate surface area is 114 Å². The Kier molecular flexibility index (Phi) is 5.82. The number of halogens is 1. The summed E-state index contributed by atoms with van der Waals surface area (Å²) in [7, 11) is 0. The van der Waals surface area contributed by atoms with Crippen molar-refractivity contribution in [2.75, 3.05) is 11.9 Å². The molecule has 0 atom stereocenters. The summed E-state index contributed by atoms with van der Waals surface area (Å²) in [6.45, 7) is 6.24. The van der Waals surface area contributed by atoms with E-state index in [9.17, 15) is 5.11 Å². The highest BCUT2D eigenvalue weighted by atomic mass is 35.5. The Morgan fingerprint density at radius 2 is 1.94 bits per heavy atom. The molecule has 102 valence electrons. The third kappa shape index (κ3) is 3.82. The number of aryl methyl sites for hydroxylation is 1. The first-order valence-electron chi connectivity index (χ1n) is 6.51. The molecule has 5 heteroatoms. The summed E-state index contributed by atoms with van der Waals surface area (Å²) in [6, 6.07) is 1.70. The molecular formula is C13H22ClN3O. The Hall–Kier alpha value is -0.870. The van der Waals surface area contributed by atoms with Crippen molar-refractivity contribution in [3.05, 3.63) is 17.0 Å². The van der Waals surface area contributed by atoms with Crippen molar-refractivity contribution in [2.45, 2.75) is 52.0 Å². The lowest BCUT2D eigenvalue weighted by Gasteiger charge is -2.31. The molecule has 4 nitrogen and oxygen atoms in total. The first kappa shape index (κ1) is 15.2. The van der Waals surface area contributed by atoms with E-state index in [1.807, 2.05) is 13.8 Å². The zero-order chi connectivity index (χ0) is 13.6. The lowest BCUT2D eigenvalue weighted by atomic mass is 9.94. The summed E-state index contributed by atoms with van der Waals surface area (Å²) in [6.07, 6.45) is 3.43. The van der Waals surface area contributed by atoms with E-state index in [1.54, 1.807) is 6.07 Å². The fourth-order valence-corrected chi connectivity index (χ4v) is 2.03. The minimum Gasteiger partial charge on any atom is -0.394 e. The number of anilines is 1. The SMILES string of the molecule is CCCc1nc(Cl)cc(NC(CC)(CC)CO)n1. The van der Waals surface area contributed by atoms with Gasteiger partial charge in [0.05, 0.1) is 12.1 Å². The van der Waals surface area contributed by atoms with Crippen molar-refractivity contribution in [3.63, 3.8) is 0 Å². The molecule has 0 saturated carbocycles. The minimum absolute atomic E-state index is 0.0741. The van der Waals surface area contributed by atoms with E-state index in [2.05, 4.69) is 22.2 Å². The van der Waals surface area contributed by atoms with E-state index in [0.29, 0.717) is 11.0 Å². The average Bonchev–Trinajstić information content (AvgIpc) is 2.36. The van der Waals surface area contributed by atoms with E-state index in [0.717, 1.165) is 31.5 Å². The molecule has 0 radical (unpaired) electrons. The number of rotatable bonds is 7. The second kappa shape index (κ2) is 6.90. The molecule has 1 rings (SSSR count). The number of hydrogen-bond acceptors (Lipinski definition) is 4. The average molecular weight is 272 g/mol. The van der Waals surface area contributed by atoms with Gasteiger partial charge in [0, 0.05) is 12.5 Å². The second-order valence-corrected chi connectivity index (χ2v) is 4.90. The fraction of sp³-hybridized carbons (Fsp3) is 0.692. The van der Waals surface area contributed by atoms with E-state index in [4.69, 9.17) is 11.6 Å². The number of aliphatic hydroxyl groups is 1. The van der Waals surface area contributed by atoms with Crippen LogP contribution in [-0.2, 0) is 6.42 Å². The van der Waals surface area contributed by atoms with Crippen molar-refractivity contribution >= 4 is 17.4 Å². The van der Waals surface area contributed by atoms with Crippen LogP contribution in [0.25, 0.3) is 0 Å². The maximum atomic E-state index is 9.54. The molecule has 18 heavy (non-hydrogen) atoms. The van der Waals surface area contributed by atoms with Gasteiger partial charge < -0.3 is 10.4 Å². The molecule has 0 aliphatic heterocycles. The van der Waals surface area contributed by atoms with Crippen molar-refractivity contribution in [1.29, 1.82) is 0 Å². The van der Waals surface area contributed by atoms with Gasteiger partial charge in [0.25, 0.3) is 0 Å². The van der Waals surface area contributed by atoms with Crippen LogP contribution in [0.4, 0.5) is 5.82 Å². The number of nitrogens with zero attached hydrogens (tertiary/aromatic N) is 2. The van der Waals surface area contributed by atoms with Crippen molar-refractivity contribution in [2.24, 2.45) is 0 Å². The van der Waals surface area contributed by atoms with Gasteiger partial charge in [0.2, 0.25) is 0 Å². The number of hydrogen-bond donors (Lipinski definition) is 2. The van der Waals surface area contributed by atoms with Gasteiger partial charge in [0.1, 0.15) is 16.8 Å². The van der Waals surface area contributed by atoms with Crippen LogP contribution in [0.5, 0.6) is 0 Å². The fourth-order valence-electron chi connectivity index (χ4n) is 1.83. The standard InChI is InChI=1S/C13H22ClN3O/c1-4-7-11-15-10(14)8-12(16-11)17-13(5-2,6-3)9-18/h8,18H,4-7,9H2,1-3H3,(H,15,16,17). The minimum atomic E-state index is -0.332. The molecule has 0 spiro atoms. The van der Waals surface area contributed by atoms with Crippen LogP contribution in [0, 0.1) is 0 Å². The van der Waals surface area contributed by atoms with Crippen molar-refractivity contribution in [3.8, 4) is 0 Å². The summed E-state index contributed by atoms with van der Waals surface area (Å²) in [5.41, 5.74) is -0.332. The first-order chi connectivity index (χ1) is 8.59. The number of aliphatic hydroxyl groups excluding tert-OH is 1. The summed E-state index contributed by atoms with van der Waals surface area (Å²) < 4.78 is 0. The zero-order valence-electron chi connectivity index (χ0n) is 11.3. The smallest absolute Gasteiger partial charge is 0.134 e. The van der Waals surface area contributed by atoms with Crippen LogP contribution in [0.2, 0.25) is 5.15 Å². The molecule has 0 bridgehead atoms. The predicted molar refractivity (Wildman–Crippen MR) is 75.1 cm³/mol. The molecule has 1 aromatic heterocycles. The molecule has 0 aromatic carbocycles. The molecule has 0 fully saturated rings. The molecule has 2 N–H and O–H groups in total. The maximum Gasteiger partial charge on any atom is 0.134 e. The third-order valence-corrected chi connectivity index (χ3v) is 3.46. The summed E-state index contributed by atoms with van der Waals surface area (Å²) in [4.78, 5) is 8.62. The molecule has 0 unspecified atom stereocenters. The summed E-state index contributed by atoms with van der Waals surface area (Å²) in [5.74, 6) is 1.43. The van der Waals surface area contributed by atoms with Gasteiger partial charge in [-0.1, -0.05) is 32.4 Å². The molecule has 0 aliphatic rings. The van der Waals surface area contributed by atoms with Gasteiger partial charge >= 0.3 is 0 Å². The van der Waals surface area contributed by atoms with Gasteiger partial charge in [-0.3, -0.25) is 0 Å². The topological polar surface area (TPSA) is 58.0 Å². The summed E-state index contributed by atoms with van der Waals surface area (Å²) in [5, 5.41) is 13.3. The second-order valence-electron chi connectivity index (χ2n) is 4.51. The molecule has 0 aliphatic carbocycles. The molecule has 1 aromatic rings. The normalized spacial score (nSPS) is 11.6. The van der Waals surface area contributed by atoms with Gasteiger partial charge in [-0.05, 0) is 19.3 Å². The lowest BCUT2D eigenvalue weighted by Crippen LogP contribution is -2.41. The highest BCUT2D eigenvalue weighted by molar-refractivity contribution is 6.29. The van der Waals surface area contributed by atoms with E-state index >= 15 is 0 Å². The van der Waals surface area contributed by atoms with Crippen LogP contribution in [0.15, 0.2) is 6.07 Å². The quantitative estimate of drug-likeness (QED) is 0.749.